The maximum Gasteiger partial charge on any atom is 0.252 e. The summed E-state index contributed by atoms with van der Waals surface area (Å²) in [5, 5.41) is 21.9. The van der Waals surface area contributed by atoms with Crippen LogP contribution in [-0.2, 0) is 6.54 Å². The van der Waals surface area contributed by atoms with E-state index in [1.54, 1.807) is 12.3 Å². The summed E-state index contributed by atoms with van der Waals surface area (Å²) in [7, 11) is 0. The van der Waals surface area contributed by atoms with Gasteiger partial charge in [-0.15, -0.1) is 0 Å². The van der Waals surface area contributed by atoms with Crippen LogP contribution in [0.3, 0.4) is 0 Å². The second-order valence-electron chi connectivity index (χ2n) is 7.44. The highest BCUT2D eigenvalue weighted by molar-refractivity contribution is 6.01. The molecule has 0 saturated carbocycles. The molecule has 0 fully saturated rings. The third-order valence-electron chi connectivity index (χ3n) is 5.20. The predicted octanol–water partition coefficient (Wildman–Crippen LogP) is 3.49. The minimum absolute atomic E-state index is 0.0990. The van der Waals surface area contributed by atoms with Gasteiger partial charge in [0.2, 0.25) is 0 Å². The van der Waals surface area contributed by atoms with Crippen LogP contribution in [0.1, 0.15) is 10.4 Å². The number of aliphatic hydroxyl groups excluding tert-OH is 1. The van der Waals surface area contributed by atoms with Crippen molar-refractivity contribution in [1.82, 2.24) is 25.3 Å². The molecule has 0 spiro atoms. The van der Waals surface area contributed by atoms with E-state index in [1.807, 2.05) is 0 Å². The molecular weight excluding hydrogens is 454 g/mol. The maximum atomic E-state index is 15.2. The molecule has 0 aliphatic heterocycles. The van der Waals surface area contributed by atoms with Crippen LogP contribution in [0, 0.1) is 17.5 Å². The fraction of sp³-hybridized carbons (Fsp3) is 0.174. The SMILES string of the molecule is O=C(N[C@H](Cn1cccn1)[C@H](F)CO)c1cccc(F)c1-c1[nH]nc(-c2ccc(F)cc2)c1F. The number of hydrogen-bond acceptors (Lipinski definition) is 4. The summed E-state index contributed by atoms with van der Waals surface area (Å²) in [4.78, 5) is 13.0. The number of hydrogen-bond donors (Lipinski definition) is 3. The number of H-pyrrole nitrogens is 1. The van der Waals surface area contributed by atoms with Crippen molar-refractivity contribution in [2.45, 2.75) is 18.8 Å². The molecule has 0 bridgehead atoms. The number of aromatic nitrogens is 4. The Balaban J connectivity index is 1.68. The zero-order valence-corrected chi connectivity index (χ0v) is 17.6. The first kappa shape index (κ1) is 23.2. The molecule has 0 unspecified atom stereocenters. The molecule has 176 valence electrons. The molecule has 2 heterocycles. The van der Waals surface area contributed by atoms with Crippen LogP contribution in [0.4, 0.5) is 17.6 Å². The van der Waals surface area contributed by atoms with Gasteiger partial charge in [-0.1, -0.05) is 6.07 Å². The van der Waals surface area contributed by atoms with Gasteiger partial charge in [0.25, 0.3) is 5.91 Å². The van der Waals surface area contributed by atoms with E-state index < -0.39 is 53.4 Å². The molecule has 2 aromatic carbocycles. The van der Waals surface area contributed by atoms with Crippen molar-refractivity contribution in [3.8, 4) is 22.5 Å². The zero-order chi connectivity index (χ0) is 24.2. The first-order chi connectivity index (χ1) is 16.4. The first-order valence-electron chi connectivity index (χ1n) is 10.2. The summed E-state index contributed by atoms with van der Waals surface area (Å²) in [5.74, 6) is -3.27. The van der Waals surface area contributed by atoms with Crippen LogP contribution >= 0.6 is 0 Å². The van der Waals surface area contributed by atoms with Crippen LogP contribution < -0.4 is 5.32 Å². The van der Waals surface area contributed by atoms with Gasteiger partial charge in [-0.25, -0.2) is 17.6 Å². The van der Waals surface area contributed by atoms with Gasteiger partial charge in [-0.3, -0.25) is 14.6 Å². The fourth-order valence-electron chi connectivity index (χ4n) is 3.49. The molecule has 0 aliphatic rings. The van der Waals surface area contributed by atoms with Crippen LogP contribution in [0.5, 0.6) is 0 Å². The van der Waals surface area contributed by atoms with E-state index in [0.29, 0.717) is 0 Å². The summed E-state index contributed by atoms with van der Waals surface area (Å²) < 4.78 is 59.0. The van der Waals surface area contributed by atoms with Crippen molar-refractivity contribution in [3.05, 3.63) is 83.9 Å². The van der Waals surface area contributed by atoms with Crippen molar-refractivity contribution in [1.29, 1.82) is 0 Å². The van der Waals surface area contributed by atoms with E-state index in [9.17, 15) is 23.1 Å². The highest BCUT2D eigenvalue weighted by atomic mass is 19.1. The van der Waals surface area contributed by atoms with Crippen LogP contribution in [-0.4, -0.2) is 49.8 Å². The van der Waals surface area contributed by atoms with Gasteiger partial charge in [0, 0.05) is 18.0 Å². The van der Waals surface area contributed by atoms with E-state index in [2.05, 4.69) is 20.6 Å². The second-order valence-corrected chi connectivity index (χ2v) is 7.44. The summed E-state index contributed by atoms with van der Waals surface area (Å²) in [6.07, 6.45) is 1.18. The molecule has 0 radical (unpaired) electrons. The third kappa shape index (κ3) is 4.69. The molecule has 34 heavy (non-hydrogen) atoms. The molecule has 11 heteroatoms. The fourth-order valence-corrected chi connectivity index (χ4v) is 3.49. The minimum Gasteiger partial charge on any atom is -0.393 e. The van der Waals surface area contributed by atoms with Crippen molar-refractivity contribution in [3.63, 3.8) is 0 Å². The van der Waals surface area contributed by atoms with Gasteiger partial charge in [-0.05, 0) is 42.5 Å². The Morgan fingerprint density at radius 3 is 2.56 bits per heavy atom. The molecule has 4 aromatic rings. The van der Waals surface area contributed by atoms with Gasteiger partial charge in [0.1, 0.15) is 29.2 Å². The number of benzene rings is 2. The average molecular weight is 473 g/mol. The van der Waals surface area contributed by atoms with Gasteiger partial charge in [-0.2, -0.15) is 10.2 Å². The second kappa shape index (κ2) is 9.87. The molecule has 4 rings (SSSR count). The van der Waals surface area contributed by atoms with Crippen LogP contribution in [0.2, 0.25) is 0 Å². The number of alkyl halides is 1. The van der Waals surface area contributed by atoms with Crippen molar-refractivity contribution in [2.24, 2.45) is 0 Å². The number of amides is 1. The molecule has 0 saturated heterocycles. The van der Waals surface area contributed by atoms with Gasteiger partial charge in [0.05, 0.1) is 30.3 Å². The Morgan fingerprint density at radius 1 is 1.12 bits per heavy atom. The molecule has 0 aliphatic carbocycles. The number of halogens is 4. The Morgan fingerprint density at radius 2 is 1.88 bits per heavy atom. The third-order valence-corrected chi connectivity index (χ3v) is 5.20. The average Bonchev–Trinajstić information content (AvgIpc) is 3.48. The Hall–Kier alpha value is -3.99. The van der Waals surface area contributed by atoms with Crippen LogP contribution in [0.15, 0.2) is 60.9 Å². The lowest BCUT2D eigenvalue weighted by Gasteiger charge is -2.22. The number of carbonyl (C=O) groups excluding carboxylic acids is 1. The molecule has 3 N–H and O–H groups in total. The first-order valence-corrected chi connectivity index (χ1v) is 10.2. The molecule has 7 nitrogen and oxygen atoms in total. The van der Waals surface area contributed by atoms with Crippen LogP contribution in [0.25, 0.3) is 22.5 Å². The molecule has 1 amide bonds. The minimum atomic E-state index is -1.83. The van der Waals surface area contributed by atoms with Crippen molar-refractivity contribution in [2.75, 3.05) is 6.61 Å². The van der Waals surface area contributed by atoms with E-state index in [0.717, 1.165) is 18.2 Å². The van der Waals surface area contributed by atoms with Gasteiger partial charge >= 0.3 is 0 Å². The molecular formula is C23H19F4N5O2. The number of aromatic amines is 1. The number of carbonyl (C=O) groups is 1. The Bertz CT molecular complexity index is 1280. The number of nitrogens with zero attached hydrogens (tertiary/aromatic N) is 3. The normalized spacial score (nSPS) is 13.0. The lowest BCUT2D eigenvalue weighted by atomic mass is 10.0. The number of nitrogens with one attached hydrogen (secondary N) is 2. The monoisotopic (exact) mass is 473 g/mol. The topological polar surface area (TPSA) is 95.8 Å². The smallest absolute Gasteiger partial charge is 0.252 e. The largest absolute Gasteiger partial charge is 0.393 e. The molecule has 2 atom stereocenters. The number of aliphatic hydroxyl groups is 1. The Labute approximate surface area is 191 Å². The van der Waals surface area contributed by atoms with E-state index in [4.69, 9.17) is 0 Å². The number of rotatable bonds is 8. The lowest BCUT2D eigenvalue weighted by molar-refractivity contribution is 0.0850. The van der Waals surface area contributed by atoms with Gasteiger partial charge in [0.15, 0.2) is 5.82 Å². The lowest BCUT2D eigenvalue weighted by Crippen LogP contribution is -2.46. The zero-order valence-electron chi connectivity index (χ0n) is 17.6. The molecule has 2 aromatic heterocycles. The Kier molecular flexibility index (Phi) is 6.73. The van der Waals surface area contributed by atoms with E-state index in [1.165, 1.54) is 35.1 Å². The summed E-state index contributed by atoms with van der Waals surface area (Å²) in [5.41, 5.74) is -1.03. The highest BCUT2D eigenvalue weighted by Gasteiger charge is 2.28. The standard InChI is InChI=1S/C23H19F4N5O2/c24-14-7-5-13(6-8-14)21-20(27)22(31-30-21)19-15(3-1-4-16(19)25)23(34)29-18(17(26)12-33)11-32-10-2-9-28-32/h1-10,17-18,33H,11-12H2,(H,29,34)(H,30,31)/t17-,18-/m1/s1. The van der Waals surface area contributed by atoms with Gasteiger partial charge < -0.3 is 10.4 Å². The van der Waals surface area contributed by atoms with Crippen molar-refractivity contribution < 1.29 is 27.5 Å². The van der Waals surface area contributed by atoms with Crippen molar-refractivity contribution >= 4 is 5.91 Å². The predicted molar refractivity (Wildman–Crippen MR) is 115 cm³/mol. The quantitative estimate of drug-likeness (QED) is 0.342. The summed E-state index contributed by atoms with van der Waals surface area (Å²) in [6, 6.07) is 8.82. The van der Waals surface area contributed by atoms with E-state index in [-0.39, 0.29) is 23.4 Å². The van der Waals surface area contributed by atoms with E-state index >= 15 is 4.39 Å². The maximum absolute atomic E-state index is 15.2. The highest BCUT2D eigenvalue weighted by Crippen LogP contribution is 2.32. The summed E-state index contributed by atoms with van der Waals surface area (Å²) in [6.45, 7) is -0.962. The summed E-state index contributed by atoms with van der Waals surface area (Å²) >= 11 is 0.